The zero-order valence-electron chi connectivity index (χ0n) is 13.9. The van der Waals surface area contributed by atoms with Crippen molar-refractivity contribution in [3.05, 3.63) is 41.3 Å². The molecule has 1 aliphatic rings. The van der Waals surface area contributed by atoms with Gasteiger partial charge in [0.05, 0.1) is 0 Å². The molecule has 4 nitrogen and oxygen atoms in total. The Morgan fingerprint density at radius 1 is 1.00 bits per heavy atom. The summed E-state index contributed by atoms with van der Waals surface area (Å²) < 4.78 is 27.9. The average Bonchev–Trinajstić information content (AvgIpc) is 3.08. The second-order valence-electron chi connectivity index (χ2n) is 6.24. The number of benzene rings is 1. The molecule has 0 aliphatic heterocycles. The maximum atomic E-state index is 12.4. The fourth-order valence-electron chi connectivity index (χ4n) is 3.02. The molecule has 0 unspecified atom stereocenters. The van der Waals surface area contributed by atoms with Crippen molar-refractivity contribution < 1.29 is 8.42 Å². The van der Waals surface area contributed by atoms with Crippen LogP contribution in [0.15, 0.2) is 40.6 Å². The molecule has 1 aromatic heterocycles. The Morgan fingerprint density at radius 3 is 2.29 bits per heavy atom. The minimum atomic E-state index is -3.49. The number of anilines is 2. The van der Waals surface area contributed by atoms with Crippen molar-refractivity contribution in [3.8, 4) is 0 Å². The molecule has 24 heavy (non-hydrogen) atoms. The summed E-state index contributed by atoms with van der Waals surface area (Å²) in [5.74, 6) is 0. The van der Waals surface area contributed by atoms with Gasteiger partial charge < -0.3 is 5.32 Å². The van der Waals surface area contributed by atoms with Gasteiger partial charge in [0.1, 0.15) is 4.21 Å². The summed E-state index contributed by atoms with van der Waals surface area (Å²) in [4.78, 5) is 1.07. The molecule has 1 fully saturated rings. The lowest BCUT2D eigenvalue weighted by Gasteiger charge is -2.23. The first kappa shape index (κ1) is 17.3. The first-order valence-corrected chi connectivity index (χ1v) is 10.8. The predicted molar refractivity (Wildman–Crippen MR) is 101 cm³/mol. The van der Waals surface area contributed by atoms with Crippen LogP contribution in [0, 0.1) is 0 Å². The second kappa shape index (κ2) is 7.57. The van der Waals surface area contributed by atoms with Crippen molar-refractivity contribution in [3.63, 3.8) is 0 Å². The molecular weight excluding hydrogens is 340 g/mol. The average molecular weight is 365 g/mol. The Bertz CT molecular complexity index is 761. The van der Waals surface area contributed by atoms with Gasteiger partial charge in [-0.25, -0.2) is 8.42 Å². The molecule has 2 N–H and O–H groups in total. The third-order valence-corrected chi connectivity index (χ3v) is 7.47. The van der Waals surface area contributed by atoms with Gasteiger partial charge >= 0.3 is 0 Å². The van der Waals surface area contributed by atoms with Crippen LogP contribution in [0.2, 0.25) is 0 Å². The van der Waals surface area contributed by atoms with Crippen LogP contribution < -0.4 is 10.0 Å². The Morgan fingerprint density at radius 2 is 1.67 bits per heavy atom. The van der Waals surface area contributed by atoms with Crippen molar-refractivity contribution in [2.24, 2.45) is 0 Å². The second-order valence-corrected chi connectivity index (χ2v) is 9.31. The highest BCUT2D eigenvalue weighted by molar-refractivity contribution is 7.94. The lowest BCUT2D eigenvalue weighted by molar-refractivity contribution is 0.463. The third-order valence-electron chi connectivity index (χ3n) is 4.36. The summed E-state index contributed by atoms with van der Waals surface area (Å²) in [7, 11) is -3.49. The van der Waals surface area contributed by atoms with E-state index in [0.717, 1.165) is 17.0 Å². The van der Waals surface area contributed by atoms with E-state index in [-0.39, 0.29) is 0 Å². The minimum absolute atomic E-state index is 0.365. The molecular formula is C18H24N2O2S2. The van der Waals surface area contributed by atoms with Crippen LogP contribution >= 0.6 is 11.3 Å². The predicted octanol–water partition coefficient (Wildman–Crippen LogP) is 4.86. The smallest absolute Gasteiger partial charge is 0.271 e. The van der Waals surface area contributed by atoms with Crippen molar-refractivity contribution in [2.45, 2.75) is 55.7 Å². The van der Waals surface area contributed by atoms with Crippen LogP contribution in [-0.4, -0.2) is 14.5 Å². The van der Waals surface area contributed by atoms with E-state index in [1.54, 1.807) is 6.07 Å². The van der Waals surface area contributed by atoms with Crippen LogP contribution in [0.5, 0.6) is 0 Å². The van der Waals surface area contributed by atoms with Gasteiger partial charge in [-0.2, -0.15) is 0 Å². The quantitative estimate of drug-likeness (QED) is 0.770. The molecule has 0 atom stereocenters. The van der Waals surface area contributed by atoms with Crippen molar-refractivity contribution in [2.75, 3.05) is 10.0 Å². The molecule has 0 saturated heterocycles. The SMILES string of the molecule is CCc1ccc(S(=O)(=O)Nc2ccc(NC3CCCCC3)cc2)s1. The van der Waals surface area contributed by atoms with E-state index in [0.29, 0.717) is 15.9 Å². The Labute approximate surface area is 148 Å². The number of hydrogen-bond acceptors (Lipinski definition) is 4. The first-order valence-electron chi connectivity index (χ1n) is 8.55. The van der Waals surface area contributed by atoms with E-state index in [1.165, 1.54) is 43.4 Å². The summed E-state index contributed by atoms with van der Waals surface area (Å²) in [5.41, 5.74) is 1.64. The monoisotopic (exact) mass is 364 g/mol. The van der Waals surface area contributed by atoms with E-state index in [1.807, 2.05) is 37.3 Å². The molecule has 1 heterocycles. The van der Waals surface area contributed by atoms with Crippen LogP contribution in [0.1, 0.15) is 43.9 Å². The number of sulfonamides is 1. The number of rotatable bonds is 6. The molecule has 6 heteroatoms. The van der Waals surface area contributed by atoms with Gasteiger partial charge in [0.2, 0.25) is 0 Å². The number of hydrogen-bond donors (Lipinski definition) is 2. The van der Waals surface area contributed by atoms with E-state index < -0.39 is 10.0 Å². The van der Waals surface area contributed by atoms with E-state index in [9.17, 15) is 8.42 Å². The van der Waals surface area contributed by atoms with Gasteiger partial charge in [0, 0.05) is 22.3 Å². The minimum Gasteiger partial charge on any atom is -0.382 e. The maximum absolute atomic E-state index is 12.4. The Hall–Kier alpha value is -1.53. The topological polar surface area (TPSA) is 58.2 Å². The van der Waals surface area contributed by atoms with Gasteiger partial charge in [-0.05, 0) is 55.7 Å². The van der Waals surface area contributed by atoms with Crippen LogP contribution in [0.25, 0.3) is 0 Å². The molecule has 0 amide bonds. The fourth-order valence-corrected chi connectivity index (χ4v) is 5.37. The zero-order chi connectivity index (χ0) is 17.0. The Balaban J connectivity index is 1.64. The Kier molecular flexibility index (Phi) is 5.46. The molecule has 0 bridgehead atoms. The first-order chi connectivity index (χ1) is 11.6. The largest absolute Gasteiger partial charge is 0.382 e. The third kappa shape index (κ3) is 4.30. The lowest BCUT2D eigenvalue weighted by Crippen LogP contribution is -2.22. The van der Waals surface area contributed by atoms with Gasteiger partial charge in [-0.15, -0.1) is 11.3 Å². The number of aryl methyl sites for hydroxylation is 1. The van der Waals surface area contributed by atoms with Crippen molar-refractivity contribution in [1.29, 1.82) is 0 Å². The van der Waals surface area contributed by atoms with Gasteiger partial charge in [-0.1, -0.05) is 26.2 Å². The summed E-state index contributed by atoms with van der Waals surface area (Å²) in [6.45, 7) is 2.02. The zero-order valence-corrected chi connectivity index (χ0v) is 15.6. The van der Waals surface area contributed by atoms with Crippen LogP contribution in [0.4, 0.5) is 11.4 Å². The highest BCUT2D eigenvalue weighted by atomic mass is 32.2. The number of nitrogens with one attached hydrogen (secondary N) is 2. The standard InChI is InChI=1S/C18H24N2O2S2/c1-2-17-12-13-18(23-17)24(21,22)20-16-10-8-15(9-11-16)19-14-6-4-3-5-7-14/h8-14,19-20H,2-7H2,1H3. The van der Waals surface area contributed by atoms with E-state index in [2.05, 4.69) is 10.0 Å². The molecule has 0 radical (unpaired) electrons. The molecule has 1 aromatic carbocycles. The summed E-state index contributed by atoms with van der Waals surface area (Å²) in [6.07, 6.45) is 7.19. The molecule has 1 aliphatic carbocycles. The number of thiophene rings is 1. The summed E-state index contributed by atoms with van der Waals surface area (Å²) in [5, 5.41) is 3.54. The van der Waals surface area contributed by atoms with Crippen LogP contribution in [0.3, 0.4) is 0 Å². The van der Waals surface area contributed by atoms with Gasteiger partial charge in [0.25, 0.3) is 10.0 Å². The fraction of sp³-hybridized carbons (Fsp3) is 0.444. The van der Waals surface area contributed by atoms with Crippen LogP contribution in [-0.2, 0) is 16.4 Å². The normalized spacial score (nSPS) is 16.0. The van der Waals surface area contributed by atoms with Gasteiger partial charge in [0.15, 0.2) is 0 Å². The maximum Gasteiger partial charge on any atom is 0.271 e. The molecule has 1 saturated carbocycles. The van der Waals surface area contributed by atoms with Gasteiger partial charge in [-0.3, -0.25) is 4.72 Å². The van der Waals surface area contributed by atoms with Crippen molar-refractivity contribution >= 4 is 32.7 Å². The highest BCUT2D eigenvalue weighted by Crippen LogP contribution is 2.26. The highest BCUT2D eigenvalue weighted by Gasteiger charge is 2.17. The van der Waals surface area contributed by atoms with E-state index >= 15 is 0 Å². The molecule has 0 spiro atoms. The van der Waals surface area contributed by atoms with Crippen molar-refractivity contribution in [1.82, 2.24) is 0 Å². The molecule has 130 valence electrons. The van der Waals surface area contributed by atoms with E-state index in [4.69, 9.17) is 0 Å². The summed E-state index contributed by atoms with van der Waals surface area (Å²) >= 11 is 1.32. The lowest BCUT2D eigenvalue weighted by atomic mass is 9.95. The molecule has 3 rings (SSSR count). The summed E-state index contributed by atoms with van der Waals surface area (Å²) in [6, 6.07) is 11.6. The molecule has 2 aromatic rings.